The molecule has 0 N–H and O–H groups in total. The van der Waals surface area contributed by atoms with E-state index in [1.165, 1.54) is 25.3 Å². The van der Waals surface area contributed by atoms with Crippen molar-refractivity contribution in [2.45, 2.75) is 5.51 Å². The van der Waals surface area contributed by atoms with Crippen LogP contribution in [0.2, 0.25) is 0 Å². The summed E-state index contributed by atoms with van der Waals surface area (Å²) in [4.78, 5) is 11.5. The number of alkyl halides is 3. The summed E-state index contributed by atoms with van der Waals surface area (Å²) in [6.07, 6.45) is 0. The van der Waals surface area contributed by atoms with Crippen LogP contribution in [-0.4, -0.2) is 27.0 Å². The first kappa shape index (κ1) is 17.8. The highest BCUT2D eigenvalue weighted by molar-refractivity contribution is 7.88. The molecule has 5 nitrogen and oxygen atoms in total. The molecule has 24 heavy (non-hydrogen) atoms. The second kappa shape index (κ2) is 6.52. The highest BCUT2D eigenvalue weighted by atomic mass is 32.2. The maximum Gasteiger partial charge on any atom is 0.534 e. The Hall–Kier alpha value is -2.55. The van der Waals surface area contributed by atoms with Gasteiger partial charge in [-0.25, -0.2) is 4.79 Å². The Morgan fingerprint density at radius 1 is 1.00 bits per heavy atom. The molecule has 2 rings (SSSR count). The Morgan fingerprint density at radius 3 is 2.17 bits per heavy atom. The van der Waals surface area contributed by atoms with Gasteiger partial charge in [-0.1, -0.05) is 24.3 Å². The van der Waals surface area contributed by atoms with E-state index in [2.05, 4.69) is 8.92 Å². The second-order valence-corrected chi connectivity index (χ2v) is 6.12. The van der Waals surface area contributed by atoms with Crippen molar-refractivity contribution in [2.75, 3.05) is 7.11 Å². The Balaban J connectivity index is 2.26. The third kappa shape index (κ3) is 3.85. The van der Waals surface area contributed by atoms with E-state index in [0.717, 1.165) is 12.1 Å². The van der Waals surface area contributed by atoms with Crippen molar-refractivity contribution in [1.29, 1.82) is 0 Å². The minimum Gasteiger partial charge on any atom is -0.465 e. The molecule has 0 fully saturated rings. The monoisotopic (exact) mass is 360 g/mol. The van der Waals surface area contributed by atoms with E-state index in [-0.39, 0.29) is 0 Å². The van der Waals surface area contributed by atoms with Gasteiger partial charge in [-0.05, 0) is 35.4 Å². The lowest BCUT2D eigenvalue weighted by atomic mass is 10.0. The molecule has 0 aliphatic carbocycles. The van der Waals surface area contributed by atoms with Gasteiger partial charge in [0.05, 0.1) is 12.7 Å². The number of hydrogen-bond donors (Lipinski definition) is 0. The molecule has 0 saturated carbocycles. The van der Waals surface area contributed by atoms with Crippen molar-refractivity contribution < 1.29 is 35.3 Å². The van der Waals surface area contributed by atoms with E-state index in [1.807, 2.05) is 0 Å². The van der Waals surface area contributed by atoms with Gasteiger partial charge in [0.2, 0.25) is 0 Å². The molecule has 0 saturated heterocycles. The molecular formula is C15H11F3O5S. The van der Waals surface area contributed by atoms with Crippen LogP contribution in [0.3, 0.4) is 0 Å². The summed E-state index contributed by atoms with van der Waals surface area (Å²) in [6.45, 7) is 0. The molecule has 0 spiro atoms. The van der Waals surface area contributed by atoms with Gasteiger partial charge in [0.15, 0.2) is 0 Å². The quantitative estimate of drug-likeness (QED) is 0.475. The summed E-state index contributed by atoms with van der Waals surface area (Å²) in [6, 6.07) is 11.3. The number of esters is 1. The summed E-state index contributed by atoms with van der Waals surface area (Å²) in [5.41, 5.74) is -4.05. The number of halogens is 3. The molecular weight excluding hydrogens is 349 g/mol. The molecule has 0 aromatic heterocycles. The average molecular weight is 360 g/mol. The predicted molar refractivity (Wildman–Crippen MR) is 78.8 cm³/mol. The molecule has 0 atom stereocenters. The lowest BCUT2D eigenvalue weighted by molar-refractivity contribution is -0.0500. The van der Waals surface area contributed by atoms with E-state index in [9.17, 15) is 26.4 Å². The van der Waals surface area contributed by atoms with Gasteiger partial charge in [0, 0.05) is 0 Å². The molecule has 0 radical (unpaired) electrons. The fourth-order valence-electron chi connectivity index (χ4n) is 1.82. The van der Waals surface area contributed by atoms with Crippen LogP contribution in [0.1, 0.15) is 10.4 Å². The molecule has 9 heteroatoms. The van der Waals surface area contributed by atoms with Crippen LogP contribution in [0.5, 0.6) is 5.75 Å². The van der Waals surface area contributed by atoms with Gasteiger partial charge >= 0.3 is 21.6 Å². The summed E-state index contributed by atoms with van der Waals surface area (Å²) >= 11 is 0. The van der Waals surface area contributed by atoms with Gasteiger partial charge in [-0.2, -0.15) is 21.6 Å². The van der Waals surface area contributed by atoms with Crippen LogP contribution in [0.4, 0.5) is 13.2 Å². The van der Waals surface area contributed by atoms with Gasteiger partial charge < -0.3 is 8.92 Å². The highest BCUT2D eigenvalue weighted by Gasteiger charge is 2.48. The normalized spacial score (nSPS) is 11.8. The van der Waals surface area contributed by atoms with E-state index in [1.54, 1.807) is 18.2 Å². The molecule has 0 aliphatic rings. The zero-order valence-electron chi connectivity index (χ0n) is 12.2. The second-order valence-electron chi connectivity index (χ2n) is 4.58. The molecule has 0 bridgehead atoms. The number of benzene rings is 2. The van der Waals surface area contributed by atoms with E-state index in [4.69, 9.17) is 0 Å². The predicted octanol–water partition coefficient (Wildman–Crippen LogP) is 3.37. The molecule has 0 aliphatic heterocycles. The SMILES string of the molecule is COC(=O)c1cccc(-c2ccc(OS(=O)(=O)C(F)(F)F)cc2)c1. The minimum absolute atomic E-state index is 0.301. The summed E-state index contributed by atoms with van der Waals surface area (Å²) in [5.74, 6) is -1.01. The molecule has 0 unspecified atom stereocenters. The lowest BCUT2D eigenvalue weighted by Gasteiger charge is -2.10. The largest absolute Gasteiger partial charge is 0.534 e. The van der Waals surface area contributed by atoms with Gasteiger partial charge in [-0.3, -0.25) is 0 Å². The Kier molecular flexibility index (Phi) is 4.83. The highest BCUT2D eigenvalue weighted by Crippen LogP contribution is 2.29. The maximum absolute atomic E-state index is 12.3. The Morgan fingerprint density at radius 2 is 1.62 bits per heavy atom. The van der Waals surface area contributed by atoms with Gasteiger partial charge in [0.1, 0.15) is 5.75 Å². The van der Waals surface area contributed by atoms with Crippen LogP contribution in [0.25, 0.3) is 11.1 Å². The zero-order chi connectivity index (χ0) is 18.0. The minimum atomic E-state index is -5.71. The van der Waals surface area contributed by atoms with Crippen molar-refractivity contribution in [3.8, 4) is 16.9 Å². The lowest BCUT2D eigenvalue weighted by Crippen LogP contribution is -2.28. The smallest absolute Gasteiger partial charge is 0.465 e. The Bertz CT molecular complexity index is 842. The Labute approximate surface area is 135 Å². The molecule has 2 aromatic rings. The van der Waals surface area contributed by atoms with Gasteiger partial charge in [0.25, 0.3) is 0 Å². The van der Waals surface area contributed by atoms with Crippen LogP contribution < -0.4 is 4.18 Å². The molecule has 0 amide bonds. The van der Waals surface area contributed by atoms with E-state index in [0.29, 0.717) is 16.7 Å². The molecule has 2 aromatic carbocycles. The molecule has 0 heterocycles. The summed E-state index contributed by atoms with van der Waals surface area (Å²) < 4.78 is 67.3. The number of carbonyl (C=O) groups excluding carboxylic acids is 1. The zero-order valence-corrected chi connectivity index (χ0v) is 13.0. The standard InChI is InChI=1S/C15H11F3O5S/c1-22-14(19)12-4-2-3-11(9-12)10-5-7-13(8-6-10)23-24(20,21)15(16,17)18/h2-9H,1H3. The summed E-state index contributed by atoms with van der Waals surface area (Å²) in [5, 5.41) is 0. The third-order valence-electron chi connectivity index (χ3n) is 2.96. The van der Waals surface area contributed by atoms with E-state index >= 15 is 0 Å². The third-order valence-corrected chi connectivity index (χ3v) is 3.94. The number of carbonyl (C=O) groups is 1. The van der Waals surface area contributed by atoms with Crippen molar-refractivity contribution in [2.24, 2.45) is 0 Å². The fraction of sp³-hybridized carbons (Fsp3) is 0.133. The maximum atomic E-state index is 12.3. The fourth-order valence-corrected chi connectivity index (χ4v) is 2.28. The molecule has 128 valence electrons. The number of hydrogen-bond acceptors (Lipinski definition) is 5. The first-order chi connectivity index (χ1) is 11.1. The van der Waals surface area contributed by atoms with Crippen molar-refractivity contribution >= 4 is 16.1 Å². The van der Waals surface area contributed by atoms with Crippen molar-refractivity contribution in [3.63, 3.8) is 0 Å². The van der Waals surface area contributed by atoms with Crippen LogP contribution >= 0.6 is 0 Å². The van der Waals surface area contributed by atoms with Crippen LogP contribution in [0.15, 0.2) is 48.5 Å². The first-order valence-electron chi connectivity index (χ1n) is 6.43. The average Bonchev–Trinajstić information content (AvgIpc) is 2.53. The van der Waals surface area contributed by atoms with E-state index < -0.39 is 27.3 Å². The number of ether oxygens (including phenoxy) is 1. The summed E-state index contributed by atoms with van der Waals surface area (Å²) in [7, 11) is -4.47. The number of rotatable bonds is 4. The van der Waals surface area contributed by atoms with Crippen molar-refractivity contribution in [3.05, 3.63) is 54.1 Å². The van der Waals surface area contributed by atoms with Gasteiger partial charge in [-0.15, -0.1) is 0 Å². The van der Waals surface area contributed by atoms with Crippen LogP contribution in [-0.2, 0) is 14.9 Å². The number of methoxy groups -OCH3 is 1. The topological polar surface area (TPSA) is 69.7 Å². The van der Waals surface area contributed by atoms with Crippen LogP contribution in [0, 0.1) is 0 Å². The van der Waals surface area contributed by atoms with Crippen molar-refractivity contribution in [1.82, 2.24) is 0 Å². The first-order valence-corrected chi connectivity index (χ1v) is 7.84.